The molecule has 8 nitrogen and oxygen atoms in total. The van der Waals surface area contributed by atoms with Crippen LogP contribution in [0.5, 0.6) is 0 Å². The summed E-state index contributed by atoms with van der Waals surface area (Å²) in [6.45, 7) is 5.33. The van der Waals surface area contributed by atoms with Crippen LogP contribution in [-0.4, -0.2) is 54.8 Å². The van der Waals surface area contributed by atoms with Crippen molar-refractivity contribution in [2.24, 2.45) is 0 Å². The van der Waals surface area contributed by atoms with E-state index in [-0.39, 0.29) is 33.7 Å². The normalized spacial score (nSPS) is 15.2. The van der Waals surface area contributed by atoms with E-state index in [0.717, 1.165) is 36.3 Å². The maximum atomic E-state index is 13.3. The third kappa shape index (κ3) is 4.98. The number of hydrogen-bond donors (Lipinski definition) is 2. The molecular formula is C22H23BrCl2N4O4S. The lowest BCUT2D eigenvalue weighted by Crippen LogP contribution is -2.43. The van der Waals surface area contributed by atoms with Crippen molar-refractivity contribution in [1.29, 1.82) is 0 Å². The van der Waals surface area contributed by atoms with E-state index in [1.165, 1.54) is 25.1 Å². The lowest BCUT2D eigenvalue weighted by Gasteiger charge is -2.28. The number of hydrogen-bond acceptors (Lipinski definition) is 6. The average Bonchev–Trinajstić information content (AvgIpc) is 2.81. The Morgan fingerprint density at radius 1 is 1.09 bits per heavy atom. The zero-order chi connectivity index (χ0) is 24.6. The molecule has 0 bridgehead atoms. The minimum Gasteiger partial charge on any atom is -0.314 e. The number of nitrogens with zero attached hydrogens (tertiary/aromatic N) is 2. The van der Waals surface area contributed by atoms with Crippen molar-refractivity contribution >= 4 is 59.9 Å². The quantitative estimate of drug-likeness (QED) is 0.458. The first-order valence-corrected chi connectivity index (χ1v) is 13.9. The predicted molar refractivity (Wildman–Crippen MR) is 138 cm³/mol. The molecule has 1 aliphatic rings. The fourth-order valence-corrected chi connectivity index (χ4v) is 6.33. The maximum absolute atomic E-state index is 13.3. The summed E-state index contributed by atoms with van der Waals surface area (Å²) in [5, 5.41) is 4.13. The molecule has 3 aromatic rings. The van der Waals surface area contributed by atoms with Gasteiger partial charge in [-0.25, -0.2) is 13.2 Å². The Kier molecular flexibility index (Phi) is 7.56. The van der Waals surface area contributed by atoms with Crippen LogP contribution >= 0.6 is 39.1 Å². The molecule has 1 fully saturated rings. The van der Waals surface area contributed by atoms with Crippen molar-refractivity contribution in [2.75, 3.05) is 31.9 Å². The van der Waals surface area contributed by atoms with Crippen molar-refractivity contribution in [3.05, 3.63) is 70.7 Å². The average molecular weight is 590 g/mol. The Hall–Kier alpha value is -1.69. The second-order valence-corrected chi connectivity index (χ2v) is 12.0. The number of halogens is 3. The Morgan fingerprint density at radius 3 is 2.47 bits per heavy atom. The molecule has 4 rings (SSSR count). The molecule has 2 heterocycles. The van der Waals surface area contributed by atoms with Gasteiger partial charge in [0.15, 0.2) is 9.84 Å². The van der Waals surface area contributed by atoms with E-state index in [9.17, 15) is 18.0 Å². The van der Waals surface area contributed by atoms with E-state index in [0.29, 0.717) is 21.1 Å². The molecule has 2 aromatic carbocycles. The summed E-state index contributed by atoms with van der Waals surface area (Å²) in [6, 6.07) is 5.97. The Morgan fingerprint density at radius 2 is 1.79 bits per heavy atom. The topological polar surface area (TPSA) is 104 Å². The van der Waals surface area contributed by atoms with Gasteiger partial charge in [-0.1, -0.05) is 46.1 Å². The second kappa shape index (κ2) is 10.1. The highest BCUT2D eigenvalue weighted by Gasteiger charge is 2.21. The van der Waals surface area contributed by atoms with Crippen LogP contribution in [0.4, 0.5) is 0 Å². The number of nitrogens with one attached hydrogen (secondary N) is 2. The molecule has 182 valence electrons. The van der Waals surface area contributed by atoms with Crippen LogP contribution in [0.1, 0.15) is 18.1 Å². The van der Waals surface area contributed by atoms with Gasteiger partial charge in [-0.2, -0.15) is 0 Å². The van der Waals surface area contributed by atoms with E-state index in [1.807, 2.05) is 0 Å². The second-order valence-electron chi connectivity index (χ2n) is 8.08. The molecule has 34 heavy (non-hydrogen) atoms. The molecule has 0 atom stereocenters. The molecular weight excluding hydrogens is 567 g/mol. The monoisotopic (exact) mass is 588 g/mol. The molecule has 12 heteroatoms. The summed E-state index contributed by atoms with van der Waals surface area (Å²) >= 11 is 16.3. The first kappa shape index (κ1) is 25.4. The lowest BCUT2D eigenvalue weighted by atomic mass is 10.1. The third-order valence-corrected chi connectivity index (χ3v) is 9.11. The number of sulfone groups is 1. The maximum Gasteiger partial charge on any atom is 0.329 e. The number of fused-ring (bicyclic) bond motifs is 1. The predicted octanol–water partition coefficient (Wildman–Crippen LogP) is 3.01. The summed E-state index contributed by atoms with van der Waals surface area (Å²) in [4.78, 5) is 31.3. The van der Waals surface area contributed by atoms with Crippen molar-refractivity contribution < 1.29 is 8.42 Å². The fraction of sp³-hybridized carbons (Fsp3) is 0.364. The number of aromatic nitrogens is 2. The molecule has 1 aliphatic heterocycles. The number of aromatic amines is 1. The van der Waals surface area contributed by atoms with E-state index in [2.05, 4.69) is 31.1 Å². The molecule has 0 radical (unpaired) electrons. The van der Waals surface area contributed by atoms with Gasteiger partial charge >= 0.3 is 5.69 Å². The van der Waals surface area contributed by atoms with E-state index >= 15 is 0 Å². The van der Waals surface area contributed by atoms with Gasteiger partial charge in [0.25, 0.3) is 5.56 Å². The van der Waals surface area contributed by atoms with Crippen LogP contribution in [0, 0.1) is 0 Å². The Balaban J connectivity index is 1.81. The van der Waals surface area contributed by atoms with E-state index < -0.39 is 21.1 Å². The van der Waals surface area contributed by atoms with Crippen molar-refractivity contribution in [1.82, 2.24) is 19.8 Å². The summed E-state index contributed by atoms with van der Waals surface area (Å²) in [5.74, 6) is -0.122. The smallest absolute Gasteiger partial charge is 0.314 e. The van der Waals surface area contributed by atoms with Gasteiger partial charge in [0.1, 0.15) is 0 Å². The van der Waals surface area contributed by atoms with Crippen molar-refractivity contribution in [3.8, 4) is 0 Å². The lowest BCUT2D eigenvalue weighted by molar-refractivity contribution is 0.233. The van der Waals surface area contributed by atoms with Crippen LogP contribution in [0.15, 0.2) is 43.2 Å². The SMILES string of the molecule is CCS(=O)(=O)c1ccc(Cl)cc1Cn1c(=O)[nH]c2c(Cl)c(CN3CCNCC3)c(Br)cc2c1=O. The molecule has 1 aromatic heterocycles. The van der Waals surface area contributed by atoms with Crippen molar-refractivity contribution in [2.45, 2.75) is 24.9 Å². The molecule has 2 N–H and O–H groups in total. The third-order valence-electron chi connectivity index (χ3n) is 5.92. The first-order valence-electron chi connectivity index (χ1n) is 10.7. The van der Waals surface area contributed by atoms with Gasteiger partial charge in [-0.15, -0.1) is 0 Å². The number of rotatable bonds is 6. The summed E-state index contributed by atoms with van der Waals surface area (Å²) in [6.07, 6.45) is 0. The summed E-state index contributed by atoms with van der Waals surface area (Å²) < 4.78 is 26.7. The fourth-order valence-electron chi connectivity index (χ4n) is 4.05. The van der Waals surface area contributed by atoms with E-state index in [1.54, 1.807) is 6.07 Å². The number of benzene rings is 2. The van der Waals surface area contributed by atoms with Gasteiger partial charge in [-0.05, 0) is 29.8 Å². The van der Waals surface area contributed by atoms with Crippen LogP contribution in [-0.2, 0) is 22.9 Å². The number of H-pyrrole nitrogens is 1. The summed E-state index contributed by atoms with van der Waals surface area (Å²) in [5.41, 5.74) is 0.0510. The highest BCUT2D eigenvalue weighted by atomic mass is 79.9. The summed E-state index contributed by atoms with van der Waals surface area (Å²) in [7, 11) is -3.59. The Labute approximate surface area is 214 Å². The molecule has 0 amide bonds. The van der Waals surface area contributed by atoms with Crippen LogP contribution in [0.3, 0.4) is 0 Å². The van der Waals surface area contributed by atoms with Crippen molar-refractivity contribution in [3.63, 3.8) is 0 Å². The van der Waals surface area contributed by atoms with Crippen LogP contribution < -0.4 is 16.6 Å². The zero-order valence-corrected chi connectivity index (χ0v) is 22.2. The zero-order valence-electron chi connectivity index (χ0n) is 18.3. The van der Waals surface area contributed by atoms with Gasteiger partial charge in [-0.3, -0.25) is 14.3 Å². The molecule has 1 saturated heterocycles. The highest BCUT2D eigenvalue weighted by molar-refractivity contribution is 9.10. The van der Waals surface area contributed by atoms with Crippen LogP contribution in [0.2, 0.25) is 10.0 Å². The molecule has 0 unspecified atom stereocenters. The molecule has 0 aliphatic carbocycles. The largest absolute Gasteiger partial charge is 0.329 e. The molecule has 0 spiro atoms. The first-order chi connectivity index (χ1) is 16.1. The van der Waals surface area contributed by atoms with E-state index in [4.69, 9.17) is 23.2 Å². The highest BCUT2D eigenvalue weighted by Crippen LogP contribution is 2.32. The van der Waals surface area contributed by atoms with Gasteiger partial charge in [0.05, 0.1) is 33.1 Å². The van der Waals surface area contributed by atoms with Gasteiger partial charge in [0, 0.05) is 47.8 Å². The van der Waals surface area contributed by atoms with Crippen LogP contribution in [0.25, 0.3) is 10.9 Å². The van der Waals surface area contributed by atoms with Gasteiger partial charge in [0.2, 0.25) is 0 Å². The minimum absolute atomic E-state index is 0.0383. The minimum atomic E-state index is -3.59. The Bertz CT molecular complexity index is 1480. The van der Waals surface area contributed by atoms with Gasteiger partial charge < -0.3 is 10.3 Å². The number of piperazine rings is 1. The standard InChI is InChI=1S/C22H23BrCl2N4O4S/c1-2-34(32,33)18-4-3-14(24)9-13(18)11-29-21(30)15-10-17(23)16(12-28-7-5-26-6-8-28)19(25)20(15)27-22(29)31/h3-4,9-10,26H,2,5-8,11-12H2,1H3,(H,27,31). The molecule has 0 saturated carbocycles.